The molecule has 3 nitrogen and oxygen atoms in total. The topological polar surface area (TPSA) is 30.7 Å². The van der Waals surface area contributed by atoms with Crippen LogP contribution in [0.15, 0.2) is 24.3 Å². The highest BCUT2D eigenvalue weighted by molar-refractivity contribution is 9.08. The van der Waals surface area contributed by atoms with E-state index in [0.29, 0.717) is 17.3 Å². The first kappa shape index (κ1) is 13.2. The Morgan fingerprint density at radius 1 is 1.22 bits per heavy atom. The smallest absolute Gasteiger partial charge is 0.143 e. The number of rotatable bonds is 5. The molecule has 0 saturated carbocycles. The maximum Gasteiger partial charge on any atom is 0.143 e. The fraction of sp³-hybridized carbons (Fsp3) is 0.385. The SMILES string of the molecule is CCCn1c(CBr)nnc1Cc1ccccc1F. The highest BCUT2D eigenvalue weighted by Gasteiger charge is 2.12. The van der Waals surface area contributed by atoms with E-state index >= 15 is 0 Å². The first-order chi connectivity index (χ1) is 8.76. The van der Waals surface area contributed by atoms with E-state index in [4.69, 9.17) is 0 Å². The lowest BCUT2D eigenvalue weighted by atomic mass is 10.1. The van der Waals surface area contributed by atoms with Crippen LogP contribution in [-0.4, -0.2) is 14.8 Å². The second-order valence-electron chi connectivity index (χ2n) is 4.09. The van der Waals surface area contributed by atoms with Crippen molar-refractivity contribution < 1.29 is 4.39 Å². The Kier molecular flexibility index (Phi) is 4.47. The van der Waals surface area contributed by atoms with Crippen LogP contribution < -0.4 is 0 Å². The summed E-state index contributed by atoms with van der Waals surface area (Å²) in [7, 11) is 0. The van der Waals surface area contributed by atoms with E-state index in [0.717, 1.165) is 24.6 Å². The molecule has 0 amide bonds. The summed E-state index contributed by atoms with van der Waals surface area (Å²) in [5.41, 5.74) is 0.656. The number of aromatic nitrogens is 3. The van der Waals surface area contributed by atoms with Gasteiger partial charge in [-0.25, -0.2) is 4.39 Å². The van der Waals surface area contributed by atoms with Gasteiger partial charge in [0.05, 0.1) is 5.33 Å². The van der Waals surface area contributed by atoms with Gasteiger partial charge in [0.2, 0.25) is 0 Å². The summed E-state index contributed by atoms with van der Waals surface area (Å²) < 4.78 is 15.7. The van der Waals surface area contributed by atoms with Crippen molar-refractivity contribution in [1.29, 1.82) is 0 Å². The molecule has 2 rings (SSSR count). The summed E-state index contributed by atoms with van der Waals surface area (Å²) in [6, 6.07) is 6.79. The van der Waals surface area contributed by atoms with Gasteiger partial charge >= 0.3 is 0 Å². The van der Waals surface area contributed by atoms with Gasteiger partial charge in [0.15, 0.2) is 0 Å². The van der Waals surface area contributed by atoms with Crippen LogP contribution in [0.5, 0.6) is 0 Å². The summed E-state index contributed by atoms with van der Waals surface area (Å²) in [5, 5.41) is 8.94. The highest BCUT2D eigenvalue weighted by atomic mass is 79.9. The van der Waals surface area contributed by atoms with Gasteiger partial charge < -0.3 is 4.57 Å². The number of hydrogen-bond acceptors (Lipinski definition) is 2. The van der Waals surface area contributed by atoms with Crippen molar-refractivity contribution in [2.45, 2.75) is 31.6 Å². The van der Waals surface area contributed by atoms with Gasteiger partial charge in [-0.15, -0.1) is 10.2 Å². The molecule has 0 fully saturated rings. The van der Waals surface area contributed by atoms with Gasteiger partial charge in [0, 0.05) is 13.0 Å². The van der Waals surface area contributed by atoms with Crippen LogP contribution in [0.25, 0.3) is 0 Å². The highest BCUT2D eigenvalue weighted by Crippen LogP contribution is 2.14. The maximum atomic E-state index is 13.6. The summed E-state index contributed by atoms with van der Waals surface area (Å²) in [6.45, 7) is 2.96. The lowest BCUT2D eigenvalue weighted by Crippen LogP contribution is -2.07. The second kappa shape index (κ2) is 6.09. The lowest BCUT2D eigenvalue weighted by molar-refractivity contribution is 0.598. The van der Waals surface area contributed by atoms with Gasteiger partial charge in [0.25, 0.3) is 0 Å². The second-order valence-corrected chi connectivity index (χ2v) is 4.65. The summed E-state index contributed by atoms with van der Waals surface area (Å²) in [6.07, 6.45) is 1.48. The molecular formula is C13H15BrFN3. The van der Waals surface area contributed by atoms with Crippen LogP contribution in [0.2, 0.25) is 0 Å². The van der Waals surface area contributed by atoms with Crippen molar-refractivity contribution in [3.63, 3.8) is 0 Å². The molecule has 1 heterocycles. The number of nitrogens with zero attached hydrogens (tertiary/aromatic N) is 3. The predicted molar refractivity (Wildman–Crippen MR) is 72.2 cm³/mol. The predicted octanol–water partition coefficient (Wildman–Crippen LogP) is 3.31. The Labute approximate surface area is 114 Å². The van der Waals surface area contributed by atoms with Crippen LogP contribution in [0, 0.1) is 5.82 Å². The molecule has 0 aliphatic heterocycles. The Hall–Kier alpha value is -1.23. The van der Waals surface area contributed by atoms with Gasteiger partial charge in [-0.05, 0) is 18.1 Å². The zero-order valence-electron chi connectivity index (χ0n) is 10.2. The molecular weight excluding hydrogens is 297 g/mol. The maximum absolute atomic E-state index is 13.6. The first-order valence-electron chi connectivity index (χ1n) is 5.96. The molecule has 96 valence electrons. The third-order valence-electron chi connectivity index (χ3n) is 2.78. The minimum atomic E-state index is -0.191. The third kappa shape index (κ3) is 2.77. The summed E-state index contributed by atoms with van der Waals surface area (Å²) >= 11 is 3.39. The van der Waals surface area contributed by atoms with Crippen LogP contribution in [0.4, 0.5) is 4.39 Å². The van der Waals surface area contributed by atoms with Crippen molar-refractivity contribution in [3.8, 4) is 0 Å². The van der Waals surface area contributed by atoms with Crippen molar-refractivity contribution in [2.75, 3.05) is 0 Å². The van der Waals surface area contributed by atoms with Gasteiger partial charge in [-0.3, -0.25) is 0 Å². The summed E-state index contributed by atoms with van der Waals surface area (Å²) in [5.74, 6) is 1.52. The van der Waals surface area contributed by atoms with Crippen molar-refractivity contribution in [1.82, 2.24) is 14.8 Å². The first-order valence-corrected chi connectivity index (χ1v) is 7.08. The van der Waals surface area contributed by atoms with E-state index in [2.05, 4.69) is 37.6 Å². The third-order valence-corrected chi connectivity index (χ3v) is 3.28. The van der Waals surface area contributed by atoms with Crippen molar-refractivity contribution in [2.24, 2.45) is 0 Å². The average Bonchev–Trinajstić information content (AvgIpc) is 2.75. The zero-order chi connectivity index (χ0) is 13.0. The number of hydrogen-bond donors (Lipinski definition) is 0. The molecule has 0 aliphatic rings. The largest absolute Gasteiger partial charge is 0.314 e. The van der Waals surface area contributed by atoms with Crippen molar-refractivity contribution in [3.05, 3.63) is 47.3 Å². The number of benzene rings is 1. The Morgan fingerprint density at radius 2 is 1.94 bits per heavy atom. The Bertz CT molecular complexity index is 525. The fourth-order valence-electron chi connectivity index (χ4n) is 1.90. The molecule has 18 heavy (non-hydrogen) atoms. The van der Waals surface area contributed by atoms with Crippen molar-refractivity contribution >= 4 is 15.9 Å². The van der Waals surface area contributed by atoms with Crippen LogP contribution in [0.3, 0.4) is 0 Å². The number of alkyl halides is 1. The standard InChI is InChI=1S/C13H15BrFN3/c1-2-7-18-12(16-17-13(18)9-14)8-10-5-3-4-6-11(10)15/h3-6H,2,7-9H2,1H3. The molecule has 2 aromatic rings. The minimum Gasteiger partial charge on any atom is -0.314 e. The van der Waals surface area contributed by atoms with E-state index in [-0.39, 0.29) is 5.82 Å². The quantitative estimate of drug-likeness (QED) is 0.793. The molecule has 5 heteroatoms. The fourth-order valence-corrected chi connectivity index (χ4v) is 2.31. The van der Waals surface area contributed by atoms with E-state index in [1.54, 1.807) is 12.1 Å². The van der Waals surface area contributed by atoms with Gasteiger partial charge in [-0.2, -0.15) is 0 Å². The monoisotopic (exact) mass is 311 g/mol. The molecule has 0 radical (unpaired) electrons. The van der Waals surface area contributed by atoms with Crippen LogP contribution in [-0.2, 0) is 18.3 Å². The molecule has 0 spiro atoms. The van der Waals surface area contributed by atoms with Crippen LogP contribution in [0.1, 0.15) is 30.6 Å². The molecule has 0 N–H and O–H groups in total. The molecule has 1 aromatic heterocycles. The normalized spacial score (nSPS) is 10.8. The van der Waals surface area contributed by atoms with Gasteiger partial charge in [0.1, 0.15) is 17.5 Å². The minimum absolute atomic E-state index is 0.191. The Balaban J connectivity index is 2.29. The average molecular weight is 312 g/mol. The molecule has 0 unspecified atom stereocenters. The number of halogens is 2. The molecule has 0 saturated heterocycles. The van der Waals surface area contributed by atoms with Crippen LogP contribution >= 0.6 is 15.9 Å². The Morgan fingerprint density at radius 3 is 2.61 bits per heavy atom. The molecule has 0 atom stereocenters. The lowest BCUT2D eigenvalue weighted by Gasteiger charge is -2.08. The summed E-state index contributed by atoms with van der Waals surface area (Å²) in [4.78, 5) is 0. The van der Waals surface area contributed by atoms with E-state index < -0.39 is 0 Å². The molecule has 1 aromatic carbocycles. The van der Waals surface area contributed by atoms with E-state index in [9.17, 15) is 4.39 Å². The van der Waals surface area contributed by atoms with E-state index in [1.165, 1.54) is 6.07 Å². The van der Waals surface area contributed by atoms with E-state index in [1.807, 2.05) is 6.07 Å². The van der Waals surface area contributed by atoms with Gasteiger partial charge in [-0.1, -0.05) is 41.1 Å². The molecule has 0 bridgehead atoms. The molecule has 0 aliphatic carbocycles. The zero-order valence-corrected chi connectivity index (χ0v) is 11.8.